The summed E-state index contributed by atoms with van der Waals surface area (Å²) in [6.07, 6.45) is 0. The predicted octanol–water partition coefficient (Wildman–Crippen LogP) is 2.21. The SMILES string of the molecule is C=C(Cl)CSCC(C)(C)N. The monoisotopic (exact) mass is 179 g/mol. The third kappa shape index (κ3) is 8.34. The molecule has 0 aliphatic rings. The zero-order valence-corrected chi connectivity index (χ0v) is 8.06. The van der Waals surface area contributed by atoms with Crippen molar-refractivity contribution in [2.24, 2.45) is 5.73 Å². The maximum absolute atomic E-state index is 5.73. The van der Waals surface area contributed by atoms with E-state index in [2.05, 4.69) is 6.58 Å². The lowest BCUT2D eigenvalue weighted by molar-refractivity contribution is 0.591. The van der Waals surface area contributed by atoms with Crippen molar-refractivity contribution in [3.05, 3.63) is 11.6 Å². The van der Waals surface area contributed by atoms with E-state index in [1.807, 2.05) is 13.8 Å². The first-order valence-electron chi connectivity index (χ1n) is 3.12. The van der Waals surface area contributed by atoms with Crippen molar-refractivity contribution in [3.8, 4) is 0 Å². The Bertz CT molecular complexity index is 117. The van der Waals surface area contributed by atoms with Crippen LogP contribution in [-0.2, 0) is 0 Å². The molecule has 60 valence electrons. The summed E-state index contributed by atoms with van der Waals surface area (Å²) in [6, 6.07) is 0. The Kier molecular flexibility index (Phi) is 4.41. The average molecular weight is 180 g/mol. The van der Waals surface area contributed by atoms with Crippen LogP contribution in [-0.4, -0.2) is 17.0 Å². The summed E-state index contributed by atoms with van der Waals surface area (Å²) >= 11 is 7.26. The van der Waals surface area contributed by atoms with Crippen LogP contribution in [0, 0.1) is 0 Å². The molecular formula is C7H14ClNS. The highest BCUT2D eigenvalue weighted by Crippen LogP contribution is 2.13. The molecule has 0 rings (SSSR count). The molecule has 0 aromatic carbocycles. The predicted molar refractivity (Wildman–Crippen MR) is 50.6 cm³/mol. The Morgan fingerprint density at radius 2 is 2.20 bits per heavy atom. The van der Waals surface area contributed by atoms with E-state index in [-0.39, 0.29) is 5.54 Å². The van der Waals surface area contributed by atoms with Crippen LogP contribution in [0.2, 0.25) is 0 Å². The third-order valence-corrected chi connectivity index (χ3v) is 2.53. The van der Waals surface area contributed by atoms with Gasteiger partial charge in [-0.05, 0) is 13.8 Å². The van der Waals surface area contributed by atoms with Gasteiger partial charge in [0.15, 0.2) is 0 Å². The lowest BCUT2D eigenvalue weighted by Crippen LogP contribution is -2.34. The van der Waals surface area contributed by atoms with Crippen LogP contribution in [0.15, 0.2) is 11.6 Å². The van der Waals surface area contributed by atoms with Gasteiger partial charge in [-0.25, -0.2) is 0 Å². The maximum atomic E-state index is 5.73. The van der Waals surface area contributed by atoms with E-state index >= 15 is 0 Å². The molecule has 0 fully saturated rings. The Hall–Kier alpha value is 0.340. The van der Waals surface area contributed by atoms with Crippen molar-refractivity contribution in [2.75, 3.05) is 11.5 Å². The van der Waals surface area contributed by atoms with Crippen LogP contribution < -0.4 is 5.73 Å². The molecule has 1 nitrogen and oxygen atoms in total. The molecule has 0 amide bonds. The lowest BCUT2D eigenvalue weighted by Gasteiger charge is -2.16. The third-order valence-electron chi connectivity index (χ3n) is 0.733. The fourth-order valence-corrected chi connectivity index (χ4v) is 1.51. The fourth-order valence-electron chi connectivity index (χ4n) is 0.425. The van der Waals surface area contributed by atoms with Crippen molar-refractivity contribution in [1.82, 2.24) is 0 Å². The van der Waals surface area contributed by atoms with Crippen molar-refractivity contribution in [3.63, 3.8) is 0 Å². The van der Waals surface area contributed by atoms with Gasteiger partial charge in [0.1, 0.15) is 0 Å². The van der Waals surface area contributed by atoms with Gasteiger partial charge >= 0.3 is 0 Å². The quantitative estimate of drug-likeness (QED) is 0.717. The number of nitrogens with two attached hydrogens (primary N) is 1. The fraction of sp³-hybridized carbons (Fsp3) is 0.714. The summed E-state index contributed by atoms with van der Waals surface area (Å²) in [4.78, 5) is 0. The van der Waals surface area contributed by atoms with E-state index in [1.165, 1.54) is 0 Å². The first kappa shape index (κ1) is 10.3. The molecule has 0 saturated heterocycles. The molecule has 3 heteroatoms. The van der Waals surface area contributed by atoms with E-state index in [0.29, 0.717) is 5.03 Å². The van der Waals surface area contributed by atoms with Gasteiger partial charge in [0, 0.05) is 22.1 Å². The van der Waals surface area contributed by atoms with Gasteiger partial charge in [0.2, 0.25) is 0 Å². The second-order valence-electron chi connectivity index (χ2n) is 3.00. The molecule has 0 aliphatic heterocycles. The van der Waals surface area contributed by atoms with Gasteiger partial charge in [-0.3, -0.25) is 0 Å². The van der Waals surface area contributed by atoms with Crippen LogP contribution in [0.25, 0.3) is 0 Å². The molecule has 0 atom stereocenters. The minimum Gasteiger partial charge on any atom is -0.325 e. The van der Waals surface area contributed by atoms with Gasteiger partial charge in [-0.1, -0.05) is 18.2 Å². The van der Waals surface area contributed by atoms with E-state index in [4.69, 9.17) is 17.3 Å². The van der Waals surface area contributed by atoms with Gasteiger partial charge in [0.25, 0.3) is 0 Å². The minimum absolute atomic E-state index is 0.100. The summed E-state index contributed by atoms with van der Waals surface area (Å²) in [5, 5.41) is 0.689. The van der Waals surface area contributed by atoms with Crippen molar-refractivity contribution in [2.45, 2.75) is 19.4 Å². The number of thioether (sulfide) groups is 1. The van der Waals surface area contributed by atoms with Crippen LogP contribution in [0.4, 0.5) is 0 Å². The minimum atomic E-state index is -0.100. The Labute approximate surface area is 72.0 Å². The van der Waals surface area contributed by atoms with E-state index < -0.39 is 0 Å². The van der Waals surface area contributed by atoms with E-state index in [0.717, 1.165) is 11.5 Å². The zero-order valence-electron chi connectivity index (χ0n) is 6.48. The molecule has 0 spiro atoms. The second-order valence-corrected chi connectivity index (χ2v) is 4.52. The highest BCUT2D eigenvalue weighted by Gasteiger charge is 2.09. The molecule has 0 radical (unpaired) electrons. The Balaban J connectivity index is 3.29. The molecule has 0 unspecified atom stereocenters. The average Bonchev–Trinajstić information content (AvgIpc) is 1.59. The maximum Gasteiger partial charge on any atom is 0.0287 e. The molecule has 2 N–H and O–H groups in total. The van der Waals surface area contributed by atoms with Crippen LogP contribution >= 0.6 is 23.4 Å². The topological polar surface area (TPSA) is 26.0 Å². The standard InChI is InChI=1S/C7H14ClNS/c1-6(8)4-10-5-7(2,3)9/h1,4-5,9H2,2-3H3. The second kappa shape index (κ2) is 4.27. The zero-order chi connectivity index (χ0) is 8.20. The molecule has 0 heterocycles. The largest absolute Gasteiger partial charge is 0.325 e. The highest BCUT2D eigenvalue weighted by atomic mass is 35.5. The van der Waals surface area contributed by atoms with Crippen molar-refractivity contribution < 1.29 is 0 Å². The summed E-state index contributed by atoms with van der Waals surface area (Å²) in [6.45, 7) is 7.57. The first-order valence-corrected chi connectivity index (χ1v) is 4.65. The molecule has 0 saturated carbocycles. The molecule has 0 aromatic heterocycles. The van der Waals surface area contributed by atoms with Gasteiger partial charge in [0.05, 0.1) is 0 Å². The number of rotatable bonds is 4. The number of hydrogen-bond acceptors (Lipinski definition) is 2. The normalized spacial score (nSPS) is 11.6. The van der Waals surface area contributed by atoms with Gasteiger partial charge in [-0.15, -0.1) is 0 Å². The number of halogens is 1. The lowest BCUT2D eigenvalue weighted by atomic mass is 10.1. The van der Waals surface area contributed by atoms with Gasteiger partial charge in [-0.2, -0.15) is 11.8 Å². The van der Waals surface area contributed by atoms with E-state index in [9.17, 15) is 0 Å². The van der Waals surface area contributed by atoms with Crippen LogP contribution in [0.3, 0.4) is 0 Å². The summed E-state index contributed by atoms with van der Waals surface area (Å²) in [5.74, 6) is 1.71. The molecule has 0 aliphatic carbocycles. The van der Waals surface area contributed by atoms with E-state index in [1.54, 1.807) is 11.8 Å². The summed E-state index contributed by atoms with van der Waals surface area (Å²) in [5.41, 5.74) is 5.63. The molecule has 0 bridgehead atoms. The summed E-state index contributed by atoms with van der Waals surface area (Å²) in [7, 11) is 0. The smallest absolute Gasteiger partial charge is 0.0287 e. The highest BCUT2D eigenvalue weighted by molar-refractivity contribution is 7.99. The Morgan fingerprint density at radius 3 is 2.50 bits per heavy atom. The van der Waals surface area contributed by atoms with Gasteiger partial charge < -0.3 is 5.73 Å². The summed E-state index contributed by atoms with van der Waals surface area (Å²) < 4.78 is 0. The molecular weight excluding hydrogens is 166 g/mol. The van der Waals surface area contributed by atoms with Crippen LogP contribution in [0.1, 0.15) is 13.8 Å². The Morgan fingerprint density at radius 1 is 1.70 bits per heavy atom. The van der Waals surface area contributed by atoms with Crippen LogP contribution in [0.5, 0.6) is 0 Å². The number of hydrogen-bond donors (Lipinski definition) is 1. The molecule has 10 heavy (non-hydrogen) atoms. The first-order chi connectivity index (χ1) is 4.42. The molecule has 0 aromatic rings. The van der Waals surface area contributed by atoms with Crippen molar-refractivity contribution >= 4 is 23.4 Å². The van der Waals surface area contributed by atoms with Crippen molar-refractivity contribution in [1.29, 1.82) is 0 Å².